The molecule has 166 valence electrons. The highest BCUT2D eigenvalue weighted by Crippen LogP contribution is 2.39. The fraction of sp³-hybridized carbons (Fsp3) is 0.706. The highest BCUT2D eigenvalue weighted by molar-refractivity contribution is 7.09. The summed E-state index contributed by atoms with van der Waals surface area (Å²) < 4.78 is -3.19. The molecule has 0 aliphatic carbocycles. The molecule has 29 heavy (non-hydrogen) atoms. The van der Waals surface area contributed by atoms with Crippen molar-refractivity contribution in [3.05, 3.63) is 16.6 Å². The van der Waals surface area contributed by atoms with Crippen LogP contribution in [0.1, 0.15) is 44.7 Å². The molecule has 0 unspecified atom stereocenters. The Balaban J connectivity index is 2.99. The van der Waals surface area contributed by atoms with Gasteiger partial charge in [-0.15, -0.1) is 11.3 Å². The smallest absolute Gasteiger partial charge is 0.243 e. The van der Waals surface area contributed by atoms with Gasteiger partial charge < -0.3 is 10.2 Å². The summed E-state index contributed by atoms with van der Waals surface area (Å²) >= 11 is 37.0. The normalized spacial score (nSPS) is 16.6. The summed E-state index contributed by atoms with van der Waals surface area (Å²) in [5.74, 6) is -1.79. The molecule has 0 radical (unpaired) electrons. The van der Waals surface area contributed by atoms with Gasteiger partial charge in [0.15, 0.2) is 7.59 Å². The number of thiazole rings is 1. The fourth-order valence-electron chi connectivity index (χ4n) is 2.42. The second-order valence-electron chi connectivity index (χ2n) is 6.95. The van der Waals surface area contributed by atoms with Crippen LogP contribution in [0, 0.1) is 11.8 Å². The third kappa shape index (κ3) is 8.76. The van der Waals surface area contributed by atoms with Gasteiger partial charge in [-0.2, -0.15) is 0 Å². The lowest BCUT2D eigenvalue weighted by Crippen LogP contribution is -2.50. The molecule has 1 rings (SSSR count). The Kier molecular flexibility index (Phi) is 10.6. The first-order valence-electron chi connectivity index (χ1n) is 8.73. The van der Waals surface area contributed by atoms with Crippen LogP contribution in [0.15, 0.2) is 11.6 Å². The van der Waals surface area contributed by atoms with E-state index in [0.717, 1.165) is 5.01 Å². The Bertz CT molecular complexity index is 678. The molecule has 1 heterocycles. The number of amides is 2. The largest absolute Gasteiger partial charge is 0.345 e. The Hall–Kier alpha value is 0.310. The number of aromatic nitrogens is 1. The van der Waals surface area contributed by atoms with Gasteiger partial charge in [0.25, 0.3) is 0 Å². The van der Waals surface area contributed by atoms with Crippen LogP contribution in [0.4, 0.5) is 0 Å². The third-order valence-electron chi connectivity index (χ3n) is 4.52. The number of alkyl halides is 6. The minimum Gasteiger partial charge on any atom is -0.345 e. The molecule has 0 bridgehead atoms. The van der Waals surface area contributed by atoms with Crippen LogP contribution in [0.5, 0.6) is 0 Å². The van der Waals surface area contributed by atoms with E-state index >= 15 is 0 Å². The van der Waals surface area contributed by atoms with Crippen molar-refractivity contribution in [2.75, 3.05) is 7.05 Å². The van der Waals surface area contributed by atoms with E-state index in [-0.39, 0.29) is 30.7 Å². The number of carbonyl (C=O) groups is 2. The number of rotatable bonds is 8. The van der Waals surface area contributed by atoms with Gasteiger partial charge >= 0.3 is 0 Å². The van der Waals surface area contributed by atoms with Gasteiger partial charge in [-0.1, -0.05) is 83.5 Å². The number of nitrogens with zero attached hydrogens (tertiary/aromatic N) is 2. The molecule has 0 fully saturated rings. The minimum atomic E-state index is -1.60. The maximum absolute atomic E-state index is 13.0. The second kappa shape index (κ2) is 11.3. The number of carbonyl (C=O) groups excluding carboxylic acids is 2. The number of hydrogen-bond acceptors (Lipinski definition) is 4. The van der Waals surface area contributed by atoms with Gasteiger partial charge in [0, 0.05) is 36.9 Å². The van der Waals surface area contributed by atoms with E-state index in [1.165, 1.54) is 23.3 Å². The van der Waals surface area contributed by atoms with Crippen molar-refractivity contribution in [1.29, 1.82) is 0 Å². The van der Waals surface area contributed by atoms with Gasteiger partial charge in [-0.25, -0.2) is 4.98 Å². The van der Waals surface area contributed by atoms with Gasteiger partial charge in [-0.3, -0.25) is 9.59 Å². The molecule has 0 aromatic carbocycles. The molecule has 0 saturated carbocycles. The summed E-state index contributed by atoms with van der Waals surface area (Å²) in [6, 6.07) is -1.21. The topological polar surface area (TPSA) is 62.3 Å². The zero-order chi connectivity index (χ0) is 22.6. The van der Waals surface area contributed by atoms with Crippen molar-refractivity contribution < 1.29 is 9.59 Å². The maximum Gasteiger partial charge on any atom is 0.243 e. The highest BCUT2D eigenvalue weighted by atomic mass is 35.6. The second-order valence-corrected chi connectivity index (χ2v) is 12.6. The van der Waals surface area contributed by atoms with Crippen LogP contribution in [-0.2, 0) is 9.59 Å². The molecule has 5 nitrogen and oxygen atoms in total. The first-order chi connectivity index (χ1) is 13.1. The van der Waals surface area contributed by atoms with Crippen LogP contribution in [0.2, 0.25) is 0 Å². The molecule has 2 amide bonds. The van der Waals surface area contributed by atoms with E-state index in [1.807, 2.05) is 5.38 Å². The molecule has 4 atom stereocenters. The third-order valence-corrected chi connectivity index (χ3v) is 7.71. The van der Waals surface area contributed by atoms with E-state index in [9.17, 15) is 9.59 Å². The van der Waals surface area contributed by atoms with E-state index in [1.54, 1.807) is 27.0 Å². The van der Waals surface area contributed by atoms with Crippen molar-refractivity contribution in [3.8, 4) is 0 Å². The predicted molar refractivity (Wildman–Crippen MR) is 123 cm³/mol. The fourth-order valence-corrected chi connectivity index (χ4v) is 3.57. The van der Waals surface area contributed by atoms with Crippen LogP contribution in [0.3, 0.4) is 0 Å². The summed E-state index contributed by atoms with van der Waals surface area (Å²) in [6.07, 6.45) is 1.73. The molecule has 12 heteroatoms. The standard InChI is InChI=1S/C17H23Cl6N3O2S/c1-9(16(18,19)20)7-12(14(28)25-11(3)15-24-5-6-29-15)26(4)13(27)8-10(2)17(21,22)23/h5-6,9-12H,7-8H2,1-4H3,(H,25,28)/t9-,10+,11-,12+/m0/s1. The summed E-state index contributed by atoms with van der Waals surface area (Å²) in [7, 11) is 1.51. The first kappa shape index (κ1) is 27.3. The molecule has 1 N–H and O–H groups in total. The molecular weight excluding hydrogens is 523 g/mol. The van der Waals surface area contributed by atoms with E-state index in [2.05, 4.69) is 10.3 Å². The Morgan fingerprint density at radius 1 is 1.10 bits per heavy atom. The minimum absolute atomic E-state index is 0.0546. The van der Waals surface area contributed by atoms with Gasteiger partial charge in [0.1, 0.15) is 11.0 Å². The lowest BCUT2D eigenvalue weighted by molar-refractivity contribution is -0.140. The van der Waals surface area contributed by atoms with E-state index in [0.29, 0.717) is 0 Å². The predicted octanol–water partition coefficient (Wildman–Crippen LogP) is 5.94. The monoisotopic (exact) mass is 543 g/mol. The molecule has 0 aliphatic heterocycles. The van der Waals surface area contributed by atoms with E-state index < -0.39 is 25.5 Å². The van der Waals surface area contributed by atoms with Crippen molar-refractivity contribution in [1.82, 2.24) is 15.2 Å². The van der Waals surface area contributed by atoms with Gasteiger partial charge in [0.05, 0.1) is 6.04 Å². The van der Waals surface area contributed by atoms with E-state index in [4.69, 9.17) is 69.6 Å². The Morgan fingerprint density at radius 2 is 1.66 bits per heavy atom. The number of hydrogen-bond donors (Lipinski definition) is 1. The quantitative estimate of drug-likeness (QED) is 0.411. The molecular formula is C17H23Cl6N3O2S. The first-order valence-corrected chi connectivity index (χ1v) is 11.9. The number of likely N-dealkylation sites (N-methyl/N-ethyl adjacent to an activating group) is 1. The van der Waals surface area contributed by atoms with Crippen molar-refractivity contribution in [3.63, 3.8) is 0 Å². The summed E-state index contributed by atoms with van der Waals surface area (Å²) in [6.45, 7) is 5.14. The lowest BCUT2D eigenvalue weighted by Gasteiger charge is -2.33. The zero-order valence-corrected chi connectivity index (χ0v) is 21.6. The molecule has 0 saturated heterocycles. The van der Waals surface area contributed by atoms with Crippen LogP contribution in [0.25, 0.3) is 0 Å². The van der Waals surface area contributed by atoms with Crippen LogP contribution in [-0.4, -0.2) is 42.4 Å². The number of halogens is 6. The SMILES string of the molecule is C[C@H](NC(=O)[C@@H](C[C@H](C)C(Cl)(Cl)Cl)N(C)C(=O)C[C@@H](C)C(Cl)(Cl)Cl)c1nccs1. The summed E-state index contributed by atoms with van der Waals surface area (Å²) in [5.41, 5.74) is 0. The average Bonchev–Trinajstić information content (AvgIpc) is 3.11. The Labute approximate surface area is 205 Å². The lowest BCUT2D eigenvalue weighted by atomic mass is 9.99. The molecule has 1 aromatic heterocycles. The van der Waals surface area contributed by atoms with Gasteiger partial charge in [-0.05, 0) is 13.3 Å². The average molecular weight is 546 g/mol. The highest BCUT2D eigenvalue weighted by Gasteiger charge is 2.38. The van der Waals surface area contributed by atoms with Gasteiger partial charge in [0.2, 0.25) is 11.8 Å². The van der Waals surface area contributed by atoms with Crippen molar-refractivity contribution >= 4 is 92.8 Å². The summed E-state index contributed by atoms with van der Waals surface area (Å²) in [5, 5.41) is 5.42. The maximum atomic E-state index is 13.0. The molecule has 0 spiro atoms. The van der Waals surface area contributed by atoms with Crippen LogP contribution >= 0.6 is 80.9 Å². The zero-order valence-electron chi connectivity index (χ0n) is 16.3. The summed E-state index contributed by atoms with van der Waals surface area (Å²) in [4.78, 5) is 31.3. The molecule has 1 aromatic rings. The van der Waals surface area contributed by atoms with Crippen molar-refractivity contribution in [2.45, 2.75) is 53.3 Å². The Morgan fingerprint density at radius 3 is 2.10 bits per heavy atom. The van der Waals surface area contributed by atoms with Crippen molar-refractivity contribution in [2.24, 2.45) is 11.8 Å². The van der Waals surface area contributed by atoms with Crippen LogP contribution < -0.4 is 5.32 Å². The molecule has 0 aliphatic rings. The number of nitrogens with one attached hydrogen (secondary N) is 1.